The molecule has 0 atom stereocenters. The minimum Gasteiger partial charge on any atom is -0.491 e. The number of carboxylic acids is 1. The molecule has 0 saturated heterocycles. The van der Waals surface area contributed by atoms with Crippen LogP contribution in [0, 0.1) is 6.92 Å². The highest BCUT2D eigenvalue weighted by Crippen LogP contribution is 2.27. The van der Waals surface area contributed by atoms with E-state index in [0.29, 0.717) is 54.5 Å². The minimum absolute atomic E-state index is 0.133. The number of carboxylic acid groups (broad SMARTS) is 1. The number of fused-ring (bicyclic) bond motifs is 1. The lowest BCUT2D eigenvalue weighted by atomic mass is 10.1. The minimum atomic E-state index is -0.928. The molecule has 2 aromatic carbocycles. The van der Waals surface area contributed by atoms with E-state index in [-0.39, 0.29) is 12.3 Å². The van der Waals surface area contributed by atoms with Gasteiger partial charge in [-0.15, -0.1) is 0 Å². The van der Waals surface area contributed by atoms with Crippen molar-refractivity contribution in [3.63, 3.8) is 0 Å². The lowest BCUT2D eigenvalue weighted by Crippen LogP contribution is -2.14. The fourth-order valence-corrected chi connectivity index (χ4v) is 3.68. The smallest absolute Gasteiger partial charge is 0.307 e. The van der Waals surface area contributed by atoms with Crippen LogP contribution in [0.25, 0.3) is 10.9 Å². The van der Waals surface area contributed by atoms with Crippen LogP contribution in [0.5, 0.6) is 5.75 Å². The Labute approximate surface area is 193 Å². The Hall–Kier alpha value is -3.16. The molecule has 3 rings (SSSR count). The van der Waals surface area contributed by atoms with E-state index >= 15 is 0 Å². The van der Waals surface area contributed by atoms with Crippen LogP contribution in [-0.2, 0) is 20.7 Å². The van der Waals surface area contributed by atoms with Crippen molar-refractivity contribution < 1.29 is 28.9 Å². The summed E-state index contributed by atoms with van der Waals surface area (Å²) in [6.07, 6.45) is 2.05. The fourth-order valence-electron chi connectivity index (χ4n) is 3.68. The zero-order chi connectivity index (χ0) is 23.6. The molecule has 0 amide bonds. The first-order chi connectivity index (χ1) is 16.0. The van der Waals surface area contributed by atoms with Crippen LogP contribution >= 0.6 is 0 Å². The molecule has 33 heavy (non-hydrogen) atoms. The molecular weight excluding hydrogens is 422 g/mol. The molecule has 0 bridgehead atoms. The number of carbonyl (C=O) groups excluding carboxylic acids is 1. The molecule has 0 aliphatic carbocycles. The molecule has 1 heterocycles. The number of para-hydroxylation sites is 1. The zero-order valence-corrected chi connectivity index (χ0v) is 19.2. The number of benzene rings is 2. The molecule has 176 valence electrons. The van der Waals surface area contributed by atoms with Crippen molar-refractivity contribution in [2.75, 3.05) is 33.0 Å². The predicted octanol–water partition coefficient (Wildman–Crippen LogP) is 4.48. The first kappa shape index (κ1) is 24.5. The van der Waals surface area contributed by atoms with Crippen LogP contribution in [-0.4, -0.2) is 54.6 Å². The van der Waals surface area contributed by atoms with Gasteiger partial charge in [0.25, 0.3) is 5.91 Å². The van der Waals surface area contributed by atoms with Gasteiger partial charge in [0.15, 0.2) is 0 Å². The number of aliphatic carboxylic acids is 1. The van der Waals surface area contributed by atoms with E-state index in [9.17, 15) is 14.7 Å². The summed E-state index contributed by atoms with van der Waals surface area (Å²) >= 11 is 0. The Morgan fingerprint density at radius 1 is 0.909 bits per heavy atom. The lowest BCUT2D eigenvalue weighted by molar-refractivity contribution is -0.136. The number of hydrogen-bond acceptors (Lipinski definition) is 5. The molecule has 0 fully saturated rings. The van der Waals surface area contributed by atoms with Gasteiger partial charge in [0.05, 0.1) is 31.8 Å². The number of ether oxygens (including phenoxy) is 3. The summed E-state index contributed by atoms with van der Waals surface area (Å²) in [5, 5.41) is 10.1. The Morgan fingerprint density at radius 3 is 2.27 bits per heavy atom. The third-order valence-corrected chi connectivity index (χ3v) is 5.39. The molecule has 0 radical (unpaired) electrons. The number of nitrogens with zero attached hydrogens (tertiary/aromatic N) is 1. The molecule has 1 aromatic heterocycles. The molecule has 1 N–H and O–H groups in total. The Morgan fingerprint density at radius 2 is 1.58 bits per heavy atom. The van der Waals surface area contributed by atoms with Crippen LogP contribution in [0.3, 0.4) is 0 Å². The molecule has 0 aliphatic heterocycles. The Bertz CT molecular complexity index is 1070. The van der Waals surface area contributed by atoms with Crippen LogP contribution in [0.2, 0.25) is 0 Å². The number of hydrogen-bond donors (Lipinski definition) is 1. The van der Waals surface area contributed by atoms with E-state index in [1.54, 1.807) is 35.8 Å². The lowest BCUT2D eigenvalue weighted by Gasteiger charge is -2.10. The van der Waals surface area contributed by atoms with Crippen LogP contribution in [0.4, 0.5) is 0 Å². The second kappa shape index (κ2) is 12.2. The van der Waals surface area contributed by atoms with Crippen molar-refractivity contribution in [2.45, 2.75) is 33.1 Å². The largest absolute Gasteiger partial charge is 0.491 e. The van der Waals surface area contributed by atoms with Gasteiger partial charge in [-0.25, -0.2) is 0 Å². The monoisotopic (exact) mass is 453 g/mol. The molecule has 3 aromatic rings. The van der Waals surface area contributed by atoms with Gasteiger partial charge in [-0.3, -0.25) is 14.2 Å². The summed E-state index contributed by atoms with van der Waals surface area (Å²) in [7, 11) is 0. The molecule has 0 aliphatic rings. The highest BCUT2D eigenvalue weighted by molar-refractivity contribution is 6.04. The highest BCUT2D eigenvalue weighted by Gasteiger charge is 2.21. The first-order valence-electron chi connectivity index (χ1n) is 11.3. The maximum atomic E-state index is 13.3. The fraction of sp³-hybridized carbons (Fsp3) is 0.385. The average molecular weight is 454 g/mol. The molecule has 0 unspecified atom stereocenters. The first-order valence-corrected chi connectivity index (χ1v) is 11.3. The maximum Gasteiger partial charge on any atom is 0.307 e. The summed E-state index contributed by atoms with van der Waals surface area (Å²) in [4.78, 5) is 24.6. The van der Waals surface area contributed by atoms with Gasteiger partial charge >= 0.3 is 5.97 Å². The molecule has 7 nitrogen and oxygen atoms in total. The summed E-state index contributed by atoms with van der Waals surface area (Å²) in [5.41, 5.74) is 2.49. The van der Waals surface area contributed by atoms with Gasteiger partial charge < -0.3 is 19.3 Å². The number of rotatable bonds is 13. The molecule has 0 spiro atoms. The van der Waals surface area contributed by atoms with Crippen molar-refractivity contribution in [3.05, 3.63) is 65.4 Å². The summed E-state index contributed by atoms with van der Waals surface area (Å²) in [6, 6.07) is 14.3. The average Bonchev–Trinajstić information content (AvgIpc) is 3.09. The molecule has 7 heteroatoms. The van der Waals surface area contributed by atoms with Gasteiger partial charge in [-0.05, 0) is 49.2 Å². The van der Waals surface area contributed by atoms with E-state index in [1.807, 2.05) is 24.3 Å². The Kier molecular flexibility index (Phi) is 9.04. The van der Waals surface area contributed by atoms with E-state index in [0.717, 1.165) is 24.8 Å². The van der Waals surface area contributed by atoms with Crippen molar-refractivity contribution in [3.8, 4) is 5.75 Å². The second-order valence-corrected chi connectivity index (χ2v) is 7.74. The van der Waals surface area contributed by atoms with Crippen LogP contribution in [0.1, 0.15) is 41.4 Å². The topological polar surface area (TPSA) is 87.0 Å². The van der Waals surface area contributed by atoms with E-state index < -0.39 is 5.97 Å². The third kappa shape index (κ3) is 6.43. The van der Waals surface area contributed by atoms with Gasteiger partial charge in [-0.2, -0.15) is 0 Å². The van der Waals surface area contributed by atoms with Crippen molar-refractivity contribution in [2.24, 2.45) is 0 Å². The van der Waals surface area contributed by atoms with Gasteiger partial charge in [0, 0.05) is 23.3 Å². The number of aromatic nitrogens is 1. The third-order valence-electron chi connectivity index (χ3n) is 5.39. The highest BCUT2D eigenvalue weighted by atomic mass is 16.5. The van der Waals surface area contributed by atoms with Crippen molar-refractivity contribution in [1.82, 2.24) is 4.57 Å². The quantitative estimate of drug-likeness (QED) is 0.384. The van der Waals surface area contributed by atoms with Gasteiger partial charge in [0.2, 0.25) is 0 Å². The molecular formula is C26H31NO6. The van der Waals surface area contributed by atoms with Crippen LogP contribution < -0.4 is 4.74 Å². The van der Waals surface area contributed by atoms with Crippen LogP contribution in [0.15, 0.2) is 48.5 Å². The number of carbonyl (C=O) groups is 2. The van der Waals surface area contributed by atoms with E-state index in [1.165, 1.54) is 0 Å². The second-order valence-electron chi connectivity index (χ2n) is 7.74. The van der Waals surface area contributed by atoms with Crippen molar-refractivity contribution in [1.29, 1.82) is 0 Å². The van der Waals surface area contributed by atoms with Gasteiger partial charge in [-0.1, -0.05) is 31.5 Å². The summed E-state index contributed by atoms with van der Waals surface area (Å²) in [6.45, 7) is 6.65. The SMILES string of the molecule is CCCCOCCOCCOc1ccc(C(=O)n2c(C)c(CC(=O)O)c3ccccc32)cc1. The van der Waals surface area contributed by atoms with E-state index in [2.05, 4.69) is 6.92 Å². The van der Waals surface area contributed by atoms with Crippen molar-refractivity contribution >= 4 is 22.8 Å². The molecule has 0 saturated carbocycles. The predicted molar refractivity (Wildman–Crippen MR) is 126 cm³/mol. The summed E-state index contributed by atoms with van der Waals surface area (Å²) in [5.74, 6) is -0.490. The normalized spacial score (nSPS) is 11.1. The standard InChI is InChI=1S/C26H31NO6/c1-3-4-13-31-14-15-32-16-17-33-21-11-9-20(10-12-21)26(30)27-19(2)23(18-25(28)29)22-7-5-6-8-24(22)27/h5-12H,3-4,13-18H2,1-2H3,(H,28,29). The Balaban J connectivity index is 1.59. The zero-order valence-electron chi connectivity index (χ0n) is 19.2. The van der Waals surface area contributed by atoms with E-state index in [4.69, 9.17) is 14.2 Å². The maximum absolute atomic E-state index is 13.3. The number of unbranched alkanes of at least 4 members (excludes halogenated alkanes) is 1. The summed E-state index contributed by atoms with van der Waals surface area (Å²) < 4.78 is 18.2. The van der Waals surface area contributed by atoms with Gasteiger partial charge in [0.1, 0.15) is 12.4 Å².